The number of nitrogens with one attached hydrogen (secondary N) is 3. The Bertz CT molecular complexity index is 570. The molecular formula is C17H26IN5O. The maximum atomic E-state index is 12.1. The SMILES string of the molecule is C=CCNC(=NC)NCc1cccc(NC(=O)N2CCCC2)c1.I. The number of benzene rings is 1. The summed E-state index contributed by atoms with van der Waals surface area (Å²) in [7, 11) is 1.73. The molecule has 0 unspecified atom stereocenters. The Morgan fingerprint density at radius 1 is 1.33 bits per heavy atom. The van der Waals surface area contributed by atoms with Crippen LogP contribution in [-0.2, 0) is 6.54 Å². The summed E-state index contributed by atoms with van der Waals surface area (Å²) in [4.78, 5) is 18.1. The molecule has 0 bridgehead atoms. The summed E-state index contributed by atoms with van der Waals surface area (Å²) in [5.74, 6) is 0.719. The van der Waals surface area contributed by atoms with Crippen LogP contribution in [0.4, 0.5) is 10.5 Å². The zero-order valence-electron chi connectivity index (χ0n) is 14.0. The molecule has 1 fully saturated rings. The van der Waals surface area contributed by atoms with Crippen LogP contribution < -0.4 is 16.0 Å². The summed E-state index contributed by atoms with van der Waals surface area (Å²) in [6.07, 6.45) is 3.96. The van der Waals surface area contributed by atoms with E-state index < -0.39 is 0 Å². The molecule has 0 aliphatic carbocycles. The first-order chi connectivity index (χ1) is 11.2. The van der Waals surface area contributed by atoms with Crippen LogP contribution in [0.25, 0.3) is 0 Å². The average molecular weight is 443 g/mol. The molecule has 0 saturated carbocycles. The summed E-state index contributed by atoms with van der Waals surface area (Å²) in [5.41, 5.74) is 1.89. The molecule has 1 saturated heterocycles. The molecular weight excluding hydrogens is 417 g/mol. The van der Waals surface area contributed by atoms with Crippen molar-refractivity contribution in [2.45, 2.75) is 19.4 Å². The molecule has 0 radical (unpaired) electrons. The number of guanidine groups is 1. The Hall–Kier alpha value is -1.77. The van der Waals surface area contributed by atoms with Gasteiger partial charge in [0, 0.05) is 38.9 Å². The number of anilines is 1. The van der Waals surface area contributed by atoms with Gasteiger partial charge in [0.05, 0.1) is 0 Å². The predicted molar refractivity (Wildman–Crippen MR) is 110 cm³/mol. The molecule has 0 atom stereocenters. The fraction of sp³-hybridized carbons (Fsp3) is 0.412. The molecule has 0 aromatic heterocycles. The highest BCUT2D eigenvalue weighted by Gasteiger charge is 2.17. The summed E-state index contributed by atoms with van der Waals surface area (Å²) < 4.78 is 0. The average Bonchev–Trinajstić information content (AvgIpc) is 3.10. The van der Waals surface area contributed by atoms with Crippen LogP contribution in [0.3, 0.4) is 0 Å². The van der Waals surface area contributed by atoms with E-state index in [4.69, 9.17) is 0 Å². The fourth-order valence-electron chi connectivity index (χ4n) is 2.46. The first kappa shape index (κ1) is 20.3. The molecule has 2 rings (SSSR count). The largest absolute Gasteiger partial charge is 0.353 e. The number of hydrogen-bond acceptors (Lipinski definition) is 2. The Kier molecular flexibility index (Phi) is 9.21. The Balaban J connectivity index is 0.00000288. The number of rotatable bonds is 5. The van der Waals surface area contributed by atoms with E-state index in [9.17, 15) is 4.79 Å². The first-order valence-electron chi connectivity index (χ1n) is 7.93. The number of carbonyl (C=O) groups is 1. The van der Waals surface area contributed by atoms with Crippen molar-refractivity contribution in [2.24, 2.45) is 4.99 Å². The number of hydrogen-bond donors (Lipinski definition) is 3. The third kappa shape index (κ3) is 6.38. The fourth-order valence-corrected chi connectivity index (χ4v) is 2.46. The van der Waals surface area contributed by atoms with E-state index in [-0.39, 0.29) is 30.0 Å². The lowest BCUT2D eigenvalue weighted by molar-refractivity contribution is 0.222. The molecule has 7 heteroatoms. The monoisotopic (exact) mass is 443 g/mol. The summed E-state index contributed by atoms with van der Waals surface area (Å²) in [6.45, 7) is 6.65. The highest BCUT2D eigenvalue weighted by atomic mass is 127. The van der Waals surface area contributed by atoms with E-state index in [1.54, 1.807) is 13.1 Å². The van der Waals surface area contributed by atoms with Crippen molar-refractivity contribution in [3.8, 4) is 0 Å². The Morgan fingerprint density at radius 3 is 2.75 bits per heavy atom. The van der Waals surface area contributed by atoms with Crippen molar-refractivity contribution in [1.82, 2.24) is 15.5 Å². The Labute approximate surface area is 160 Å². The van der Waals surface area contributed by atoms with Gasteiger partial charge < -0.3 is 20.9 Å². The molecule has 1 aliphatic heterocycles. The normalized spacial score (nSPS) is 13.9. The lowest BCUT2D eigenvalue weighted by Crippen LogP contribution is -2.36. The molecule has 3 N–H and O–H groups in total. The molecule has 2 amide bonds. The number of halogens is 1. The van der Waals surface area contributed by atoms with Crippen molar-refractivity contribution < 1.29 is 4.79 Å². The Morgan fingerprint density at radius 2 is 2.08 bits per heavy atom. The summed E-state index contributed by atoms with van der Waals surface area (Å²) in [6, 6.07) is 7.82. The van der Waals surface area contributed by atoms with Crippen molar-refractivity contribution >= 4 is 41.7 Å². The number of urea groups is 1. The molecule has 1 aromatic rings. The zero-order chi connectivity index (χ0) is 16.5. The third-order valence-corrected chi connectivity index (χ3v) is 3.67. The lowest BCUT2D eigenvalue weighted by Gasteiger charge is -2.17. The minimum Gasteiger partial charge on any atom is -0.353 e. The highest BCUT2D eigenvalue weighted by Crippen LogP contribution is 2.14. The number of likely N-dealkylation sites (tertiary alicyclic amines) is 1. The molecule has 0 spiro atoms. The maximum absolute atomic E-state index is 12.1. The zero-order valence-corrected chi connectivity index (χ0v) is 16.4. The highest BCUT2D eigenvalue weighted by molar-refractivity contribution is 14.0. The van der Waals surface area contributed by atoms with Crippen molar-refractivity contribution in [3.63, 3.8) is 0 Å². The third-order valence-electron chi connectivity index (χ3n) is 3.67. The van der Waals surface area contributed by atoms with Crippen LogP contribution in [-0.4, -0.2) is 43.6 Å². The van der Waals surface area contributed by atoms with Crippen molar-refractivity contribution in [3.05, 3.63) is 42.5 Å². The van der Waals surface area contributed by atoms with Crippen LogP contribution >= 0.6 is 24.0 Å². The minimum absolute atomic E-state index is 0. The second kappa shape index (κ2) is 10.9. The topological polar surface area (TPSA) is 68.8 Å². The van der Waals surface area contributed by atoms with Gasteiger partial charge in [-0.25, -0.2) is 4.79 Å². The van der Waals surface area contributed by atoms with Gasteiger partial charge >= 0.3 is 6.03 Å². The smallest absolute Gasteiger partial charge is 0.321 e. The second-order valence-electron chi connectivity index (χ2n) is 5.42. The molecule has 1 aliphatic rings. The quantitative estimate of drug-likeness (QED) is 0.284. The van der Waals surface area contributed by atoms with Gasteiger partial charge in [-0.3, -0.25) is 4.99 Å². The van der Waals surface area contributed by atoms with E-state index in [1.807, 2.05) is 29.2 Å². The number of nitrogens with zero attached hydrogens (tertiary/aromatic N) is 2. The molecule has 24 heavy (non-hydrogen) atoms. The van der Waals surface area contributed by atoms with Crippen LogP contribution in [0.1, 0.15) is 18.4 Å². The van der Waals surface area contributed by atoms with E-state index >= 15 is 0 Å². The van der Waals surface area contributed by atoms with Crippen molar-refractivity contribution in [1.29, 1.82) is 0 Å². The van der Waals surface area contributed by atoms with Gasteiger partial charge in [0.1, 0.15) is 0 Å². The van der Waals surface area contributed by atoms with Crippen LogP contribution in [0.2, 0.25) is 0 Å². The molecule has 132 valence electrons. The van der Waals surface area contributed by atoms with Crippen LogP contribution in [0, 0.1) is 0 Å². The second-order valence-corrected chi connectivity index (χ2v) is 5.42. The summed E-state index contributed by atoms with van der Waals surface area (Å²) >= 11 is 0. The van der Waals surface area contributed by atoms with E-state index in [0.717, 1.165) is 43.1 Å². The van der Waals surface area contributed by atoms with Gasteiger partial charge in [-0.15, -0.1) is 30.6 Å². The summed E-state index contributed by atoms with van der Waals surface area (Å²) in [5, 5.41) is 9.30. The standard InChI is InChI=1S/C17H25N5O.HI/c1-3-9-19-16(18-2)20-13-14-7-6-8-15(12-14)21-17(23)22-10-4-5-11-22;/h3,6-8,12H,1,4-5,9-11,13H2,2H3,(H,21,23)(H2,18,19,20);1H. The number of amides is 2. The van der Waals surface area contributed by atoms with E-state index in [2.05, 4.69) is 27.5 Å². The van der Waals surface area contributed by atoms with Gasteiger partial charge in [-0.1, -0.05) is 18.2 Å². The lowest BCUT2D eigenvalue weighted by atomic mass is 10.2. The van der Waals surface area contributed by atoms with Gasteiger partial charge in [0.2, 0.25) is 0 Å². The van der Waals surface area contributed by atoms with E-state index in [1.165, 1.54) is 0 Å². The number of aliphatic imine (C=N–C) groups is 1. The van der Waals surface area contributed by atoms with Crippen molar-refractivity contribution in [2.75, 3.05) is 32.0 Å². The van der Waals surface area contributed by atoms with Crippen LogP contribution in [0.5, 0.6) is 0 Å². The van der Waals surface area contributed by atoms with E-state index in [0.29, 0.717) is 13.1 Å². The molecule has 1 heterocycles. The number of carbonyl (C=O) groups excluding carboxylic acids is 1. The van der Waals surface area contributed by atoms with Gasteiger partial charge in [0.25, 0.3) is 0 Å². The van der Waals surface area contributed by atoms with Gasteiger partial charge in [0.15, 0.2) is 5.96 Å². The molecule has 6 nitrogen and oxygen atoms in total. The minimum atomic E-state index is -0.0175. The van der Waals surface area contributed by atoms with Gasteiger partial charge in [-0.2, -0.15) is 0 Å². The maximum Gasteiger partial charge on any atom is 0.321 e. The van der Waals surface area contributed by atoms with Gasteiger partial charge in [-0.05, 0) is 30.5 Å². The predicted octanol–water partition coefficient (Wildman–Crippen LogP) is 2.78. The first-order valence-corrected chi connectivity index (χ1v) is 7.93. The van der Waals surface area contributed by atoms with Crippen LogP contribution in [0.15, 0.2) is 41.9 Å². The molecule has 1 aromatic carbocycles.